The van der Waals surface area contributed by atoms with E-state index in [1.54, 1.807) is 23.5 Å². The lowest BCUT2D eigenvalue weighted by Gasteiger charge is -2.03. The minimum absolute atomic E-state index is 0.225. The maximum absolute atomic E-state index is 12.6. The molecule has 78 valence electrons. The third kappa shape index (κ3) is 3.00. The van der Waals surface area contributed by atoms with E-state index in [2.05, 4.69) is 26.2 Å². The van der Waals surface area contributed by atoms with Crippen molar-refractivity contribution in [1.29, 1.82) is 0 Å². The number of anilines is 1. The fourth-order valence-electron chi connectivity index (χ4n) is 1.12. The molecule has 0 aliphatic carbocycles. The first kappa shape index (κ1) is 10.6. The zero-order valence-corrected chi connectivity index (χ0v) is 10.1. The highest BCUT2D eigenvalue weighted by molar-refractivity contribution is 9.11. The zero-order chi connectivity index (χ0) is 10.7. The second-order valence-corrected chi connectivity index (χ2v) is 5.09. The van der Waals surface area contributed by atoms with Gasteiger partial charge in [-0.05, 0) is 40.2 Å². The van der Waals surface area contributed by atoms with Crippen molar-refractivity contribution < 1.29 is 4.39 Å². The number of rotatable bonds is 3. The van der Waals surface area contributed by atoms with Crippen LogP contribution >= 0.6 is 27.3 Å². The molecule has 2 rings (SSSR count). The van der Waals surface area contributed by atoms with E-state index in [-0.39, 0.29) is 5.82 Å². The standard InChI is InChI=1S/C10H8BrFN2S/c11-10-14-9(6-15-10)5-13-8-3-1-7(12)2-4-8/h1-4,6,13H,5H2. The maximum Gasteiger partial charge on any atom is 0.159 e. The van der Waals surface area contributed by atoms with Crippen molar-refractivity contribution in [2.45, 2.75) is 6.54 Å². The first-order valence-corrected chi connectivity index (χ1v) is 6.00. The van der Waals surface area contributed by atoms with E-state index in [4.69, 9.17) is 0 Å². The zero-order valence-electron chi connectivity index (χ0n) is 7.71. The predicted octanol–water partition coefficient (Wildman–Crippen LogP) is 3.66. The van der Waals surface area contributed by atoms with Crippen molar-refractivity contribution in [1.82, 2.24) is 4.98 Å². The third-order valence-electron chi connectivity index (χ3n) is 1.84. The van der Waals surface area contributed by atoms with Crippen LogP contribution < -0.4 is 5.32 Å². The van der Waals surface area contributed by atoms with Crippen molar-refractivity contribution in [3.63, 3.8) is 0 Å². The molecular weight excluding hydrogens is 279 g/mol. The first-order chi connectivity index (χ1) is 7.24. The van der Waals surface area contributed by atoms with Gasteiger partial charge in [0.05, 0.1) is 12.2 Å². The van der Waals surface area contributed by atoms with Gasteiger partial charge in [-0.25, -0.2) is 9.37 Å². The maximum atomic E-state index is 12.6. The Morgan fingerprint density at radius 1 is 1.33 bits per heavy atom. The molecular formula is C10H8BrFN2S. The summed E-state index contributed by atoms with van der Waals surface area (Å²) in [7, 11) is 0. The second kappa shape index (κ2) is 4.72. The summed E-state index contributed by atoms with van der Waals surface area (Å²) >= 11 is 4.85. The van der Waals surface area contributed by atoms with Crippen LogP contribution in [0.1, 0.15) is 5.69 Å². The van der Waals surface area contributed by atoms with Crippen LogP contribution in [0.2, 0.25) is 0 Å². The molecule has 0 saturated carbocycles. The van der Waals surface area contributed by atoms with E-state index in [9.17, 15) is 4.39 Å². The van der Waals surface area contributed by atoms with Crippen LogP contribution in [0.3, 0.4) is 0 Å². The van der Waals surface area contributed by atoms with E-state index in [1.807, 2.05) is 5.38 Å². The molecule has 0 amide bonds. The smallest absolute Gasteiger partial charge is 0.159 e. The normalized spacial score (nSPS) is 10.3. The Hall–Kier alpha value is -0.940. The van der Waals surface area contributed by atoms with Crippen molar-refractivity contribution in [3.05, 3.63) is 45.1 Å². The molecule has 2 nitrogen and oxygen atoms in total. The molecule has 0 radical (unpaired) electrons. The van der Waals surface area contributed by atoms with E-state index in [1.165, 1.54) is 12.1 Å². The van der Waals surface area contributed by atoms with Crippen LogP contribution in [-0.2, 0) is 6.54 Å². The highest BCUT2D eigenvalue weighted by Gasteiger charge is 1.99. The van der Waals surface area contributed by atoms with Gasteiger partial charge in [0.1, 0.15) is 5.82 Å². The van der Waals surface area contributed by atoms with Crippen LogP contribution in [0.25, 0.3) is 0 Å². The summed E-state index contributed by atoms with van der Waals surface area (Å²) in [5.74, 6) is -0.225. The Balaban J connectivity index is 1.96. The number of hydrogen-bond donors (Lipinski definition) is 1. The molecule has 2 aromatic rings. The number of thiazole rings is 1. The SMILES string of the molecule is Fc1ccc(NCc2csc(Br)n2)cc1. The van der Waals surface area contributed by atoms with Crippen LogP contribution in [0, 0.1) is 5.82 Å². The Bertz CT molecular complexity index is 441. The predicted molar refractivity (Wildman–Crippen MR) is 63.5 cm³/mol. The summed E-state index contributed by atoms with van der Waals surface area (Å²) in [5.41, 5.74) is 1.86. The molecule has 0 spiro atoms. The molecule has 0 atom stereocenters. The molecule has 0 unspecified atom stereocenters. The highest BCUT2D eigenvalue weighted by atomic mass is 79.9. The molecule has 0 aliphatic heterocycles. The fraction of sp³-hybridized carbons (Fsp3) is 0.100. The van der Waals surface area contributed by atoms with Gasteiger partial charge in [0.25, 0.3) is 0 Å². The summed E-state index contributed by atoms with van der Waals surface area (Å²) in [4.78, 5) is 4.24. The summed E-state index contributed by atoms with van der Waals surface area (Å²) in [6.07, 6.45) is 0. The van der Waals surface area contributed by atoms with Gasteiger partial charge in [0, 0.05) is 11.1 Å². The minimum atomic E-state index is -0.225. The summed E-state index contributed by atoms with van der Waals surface area (Å²) in [6.45, 7) is 0.647. The number of aromatic nitrogens is 1. The number of nitrogens with one attached hydrogen (secondary N) is 1. The Morgan fingerprint density at radius 3 is 2.67 bits per heavy atom. The molecule has 0 bridgehead atoms. The number of hydrogen-bond acceptors (Lipinski definition) is 3. The van der Waals surface area contributed by atoms with E-state index in [0.717, 1.165) is 15.3 Å². The van der Waals surface area contributed by atoms with Crippen molar-refractivity contribution in [2.75, 3.05) is 5.32 Å². The Kier molecular flexibility index (Phi) is 3.33. The molecule has 1 N–H and O–H groups in total. The Morgan fingerprint density at radius 2 is 2.07 bits per heavy atom. The van der Waals surface area contributed by atoms with Crippen LogP contribution in [0.15, 0.2) is 33.6 Å². The summed E-state index contributed by atoms with van der Waals surface area (Å²) in [6, 6.07) is 6.27. The van der Waals surface area contributed by atoms with Gasteiger partial charge in [0.2, 0.25) is 0 Å². The molecule has 1 aromatic heterocycles. The van der Waals surface area contributed by atoms with Gasteiger partial charge in [0.15, 0.2) is 3.92 Å². The number of halogens is 2. The van der Waals surface area contributed by atoms with Crippen molar-refractivity contribution in [3.8, 4) is 0 Å². The summed E-state index contributed by atoms with van der Waals surface area (Å²) in [5, 5.41) is 5.13. The van der Waals surface area contributed by atoms with E-state index in [0.29, 0.717) is 6.54 Å². The van der Waals surface area contributed by atoms with Crippen molar-refractivity contribution in [2.24, 2.45) is 0 Å². The second-order valence-electron chi connectivity index (χ2n) is 2.95. The third-order valence-corrected chi connectivity index (χ3v) is 3.26. The Labute approximate surface area is 99.3 Å². The van der Waals surface area contributed by atoms with Crippen LogP contribution in [0.5, 0.6) is 0 Å². The van der Waals surface area contributed by atoms with Gasteiger partial charge in [-0.15, -0.1) is 11.3 Å². The molecule has 1 aromatic carbocycles. The van der Waals surface area contributed by atoms with Gasteiger partial charge in [-0.3, -0.25) is 0 Å². The molecule has 5 heteroatoms. The number of nitrogens with zero attached hydrogens (tertiary/aromatic N) is 1. The van der Waals surface area contributed by atoms with Crippen LogP contribution in [-0.4, -0.2) is 4.98 Å². The minimum Gasteiger partial charge on any atom is -0.379 e. The molecule has 0 saturated heterocycles. The quantitative estimate of drug-likeness (QED) is 0.932. The topological polar surface area (TPSA) is 24.9 Å². The summed E-state index contributed by atoms with van der Waals surface area (Å²) < 4.78 is 13.5. The molecule has 1 heterocycles. The lowest BCUT2D eigenvalue weighted by molar-refractivity contribution is 0.628. The van der Waals surface area contributed by atoms with Gasteiger partial charge < -0.3 is 5.32 Å². The average Bonchev–Trinajstić information content (AvgIpc) is 2.64. The first-order valence-electron chi connectivity index (χ1n) is 4.33. The van der Waals surface area contributed by atoms with Gasteiger partial charge in [-0.2, -0.15) is 0 Å². The fourth-order valence-corrected chi connectivity index (χ4v) is 2.17. The molecule has 15 heavy (non-hydrogen) atoms. The van der Waals surface area contributed by atoms with Crippen LogP contribution in [0.4, 0.5) is 10.1 Å². The lowest BCUT2D eigenvalue weighted by Crippen LogP contribution is -1.99. The van der Waals surface area contributed by atoms with Gasteiger partial charge in [-0.1, -0.05) is 0 Å². The number of benzene rings is 1. The van der Waals surface area contributed by atoms with E-state index < -0.39 is 0 Å². The largest absolute Gasteiger partial charge is 0.379 e. The molecule has 0 fully saturated rings. The average molecular weight is 287 g/mol. The molecule has 0 aliphatic rings. The van der Waals surface area contributed by atoms with E-state index >= 15 is 0 Å². The highest BCUT2D eigenvalue weighted by Crippen LogP contribution is 2.17. The monoisotopic (exact) mass is 286 g/mol. The van der Waals surface area contributed by atoms with Crippen molar-refractivity contribution >= 4 is 33.0 Å². The van der Waals surface area contributed by atoms with Gasteiger partial charge >= 0.3 is 0 Å². The lowest BCUT2D eigenvalue weighted by atomic mass is 10.3.